The number of anilines is 1. The minimum atomic E-state index is -4.70. The maximum absolute atomic E-state index is 14.7. The van der Waals surface area contributed by atoms with Crippen LogP contribution in [0.3, 0.4) is 0 Å². The number of carbonyl (C=O) groups excluding carboxylic acids is 6. The number of hydrogen-bond acceptors (Lipinski definition) is 10. The van der Waals surface area contributed by atoms with Crippen LogP contribution < -0.4 is 20.7 Å². The van der Waals surface area contributed by atoms with Gasteiger partial charge in [0.1, 0.15) is 46.2 Å². The molecule has 0 aromatic heterocycles. The molecule has 2 aromatic rings. The minimum Gasteiger partial charge on any atom is -0.444 e. The first-order valence-corrected chi connectivity index (χ1v) is 22.2. The molecule has 16 nitrogen and oxygen atoms in total. The Hall–Kier alpha value is -5.59. The number of likely N-dealkylation sites (tertiary alicyclic amines) is 1. The van der Waals surface area contributed by atoms with Gasteiger partial charge in [-0.2, -0.15) is 0 Å². The van der Waals surface area contributed by atoms with Crippen LogP contribution in [-0.2, 0) is 51.8 Å². The first-order valence-electron chi connectivity index (χ1n) is 20.7. The number of nitrogens with one attached hydrogen (secondary N) is 4. The van der Waals surface area contributed by atoms with Gasteiger partial charge in [-0.05, 0) is 61.9 Å². The van der Waals surface area contributed by atoms with Crippen LogP contribution in [0.5, 0.6) is 0 Å². The Kier molecular flexibility index (Phi) is 12.7. The van der Waals surface area contributed by atoms with Crippen LogP contribution in [0.1, 0.15) is 75.3 Å². The zero-order chi connectivity index (χ0) is 43.6. The Morgan fingerprint density at radius 2 is 1.75 bits per heavy atom. The third kappa shape index (κ3) is 9.21. The van der Waals surface area contributed by atoms with Crippen LogP contribution in [0.4, 0.5) is 19.3 Å². The van der Waals surface area contributed by atoms with Crippen molar-refractivity contribution in [1.82, 2.24) is 30.1 Å². The van der Waals surface area contributed by atoms with E-state index in [9.17, 15) is 46.0 Å². The molecule has 0 bridgehead atoms. The fraction of sp³-hybridized carbons (Fsp3) is 0.524. The maximum Gasteiger partial charge on any atom is 0.410 e. The van der Waals surface area contributed by atoms with E-state index >= 15 is 0 Å². The van der Waals surface area contributed by atoms with E-state index in [1.165, 1.54) is 39.0 Å². The van der Waals surface area contributed by atoms with Gasteiger partial charge in [-0.1, -0.05) is 43.9 Å². The summed E-state index contributed by atoms with van der Waals surface area (Å²) < 4.78 is 64.3. The molecule has 6 atom stereocenters. The predicted molar refractivity (Wildman–Crippen MR) is 215 cm³/mol. The zero-order valence-corrected chi connectivity index (χ0v) is 34.7. The smallest absolute Gasteiger partial charge is 0.410 e. The predicted octanol–water partition coefficient (Wildman–Crippen LogP) is 3.07. The largest absolute Gasteiger partial charge is 0.444 e. The lowest BCUT2D eigenvalue weighted by atomic mass is 9.95. The van der Waals surface area contributed by atoms with E-state index in [0.29, 0.717) is 69.2 Å². The SMILES string of the molecule is C=C[C@@H]1C[C@@]12NC(=O)[C@@H]1C[C@@H](OC(=O)N3Cc4cccc(F)c4C3)CN1C(=O)[C@@H](NC(=O)[C@@H]1CCCN(C)C1=O)CCCCCCCNc1ccc(F)cc1S(=O)(=O)NC2=O. The van der Waals surface area contributed by atoms with Crippen LogP contribution >= 0.6 is 0 Å². The normalized spacial score (nSPS) is 28.4. The minimum absolute atomic E-state index is 0.0500. The molecule has 5 aliphatic rings. The summed E-state index contributed by atoms with van der Waals surface area (Å²) in [4.78, 5) is 86.8. The number of sulfonamides is 1. The van der Waals surface area contributed by atoms with Crippen LogP contribution in [0, 0.1) is 23.5 Å². The molecule has 4 N–H and O–H groups in total. The van der Waals surface area contributed by atoms with Crippen LogP contribution in [-0.4, -0.2) is 109 Å². The fourth-order valence-corrected chi connectivity index (χ4v) is 10.0. The first kappa shape index (κ1) is 43.5. The quantitative estimate of drug-likeness (QED) is 0.261. The van der Waals surface area contributed by atoms with E-state index in [-0.39, 0.29) is 50.5 Å². The van der Waals surface area contributed by atoms with Gasteiger partial charge in [-0.25, -0.2) is 26.7 Å². The number of fused-ring (bicyclic) bond motifs is 3. The third-order valence-corrected chi connectivity index (χ3v) is 13.8. The summed E-state index contributed by atoms with van der Waals surface area (Å²) in [6.07, 6.45) is 3.39. The Morgan fingerprint density at radius 3 is 2.51 bits per heavy atom. The van der Waals surface area contributed by atoms with Crippen LogP contribution in [0.25, 0.3) is 0 Å². The number of carbonyl (C=O) groups is 6. The summed E-state index contributed by atoms with van der Waals surface area (Å²) in [5.74, 6) is -6.70. The second-order valence-electron chi connectivity index (χ2n) is 16.6. The summed E-state index contributed by atoms with van der Waals surface area (Å²) in [6.45, 7) is 4.29. The van der Waals surface area contributed by atoms with Gasteiger partial charge in [-0.15, -0.1) is 6.58 Å². The van der Waals surface area contributed by atoms with Crippen molar-refractivity contribution in [2.75, 3.05) is 32.0 Å². The van der Waals surface area contributed by atoms with Gasteiger partial charge >= 0.3 is 6.09 Å². The van der Waals surface area contributed by atoms with Gasteiger partial charge < -0.3 is 30.5 Å². The van der Waals surface area contributed by atoms with Crippen molar-refractivity contribution in [1.29, 1.82) is 0 Å². The monoisotopic (exact) mass is 867 g/mol. The average Bonchev–Trinajstić information content (AvgIpc) is 3.51. The van der Waals surface area contributed by atoms with Crippen molar-refractivity contribution < 1.29 is 50.7 Å². The Balaban J connectivity index is 1.18. The van der Waals surface area contributed by atoms with E-state index in [0.717, 1.165) is 12.1 Å². The first-order chi connectivity index (χ1) is 29.1. The molecular formula is C42H51F2N7O9S. The molecule has 6 amide bonds. The van der Waals surface area contributed by atoms with Gasteiger partial charge in [0.2, 0.25) is 23.6 Å². The van der Waals surface area contributed by atoms with Crippen molar-refractivity contribution in [2.45, 2.75) is 106 Å². The number of halogens is 2. The number of rotatable bonds is 4. The van der Waals surface area contributed by atoms with Crippen molar-refractivity contribution in [2.24, 2.45) is 11.8 Å². The standard InChI is InChI=1S/C42H51F2N7O9S/c1-3-26-21-42(26)40(56)48-61(58,59)35-19-27(43)15-16-32(35)45-17-8-6-4-5-7-14-33(46-36(52)29-12-10-18-49(2)38(29)54)39(55)51-23-28(20-34(51)37(53)47-42)60-41(57)50-22-25-11-9-13-31(44)30(25)24-50/h3,9,11,13,15-16,19,26,28-29,33-34,45H,1,4-8,10,12,14,17-18,20-24H2,2H3,(H,46,52)(H,47,53)(H,48,56)/t26-,28-,29+,33+,34+,42-/m1/s1. The average molecular weight is 868 g/mol. The second kappa shape index (κ2) is 17.8. The maximum atomic E-state index is 14.7. The van der Waals surface area contributed by atoms with Gasteiger partial charge in [0.15, 0.2) is 0 Å². The van der Waals surface area contributed by atoms with Gasteiger partial charge in [-0.3, -0.25) is 28.9 Å². The molecule has 2 aromatic carbocycles. The highest BCUT2D eigenvalue weighted by Gasteiger charge is 2.61. The summed E-state index contributed by atoms with van der Waals surface area (Å²) in [6, 6.07) is 5.13. The summed E-state index contributed by atoms with van der Waals surface area (Å²) in [5, 5.41) is 8.49. The highest BCUT2D eigenvalue weighted by atomic mass is 32.2. The number of nitrogens with zero attached hydrogens (tertiary/aromatic N) is 3. The summed E-state index contributed by atoms with van der Waals surface area (Å²) in [7, 11) is -3.10. The highest BCUT2D eigenvalue weighted by molar-refractivity contribution is 7.90. The Bertz CT molecular complexity index is 2230. The highest BCUT2D eigenvalue weighted by Crippen LogP contribution is 2.45. The molecule has 4 aliphatic heterocycles. The molecule has 3 fully saturated rings. The summed E-state index contributed by atoms with van der Waals surface area (Å²) >= 11 is 0. The lowest BCUT2D eigenvalue weighted by Gasteiger charge is -2.32. The van der Waals surface area contributed by atoms with Gasteiger partial charge in [0.25, 0.3) is 15.9 Å². The number of piperidine rings is 1. The molecule has 0 radical (unpaired) electrons. The van der Waals surface area contributed by atoms with Crippen LogP contribution in [0.2, 0.25) is 0 Å². The van der Waals surface area contributed by atoms with Crippen molar-refractivity contribution in [3.8, 4) is 0 Å². The van der Waals surface area contributed by atoms with Gasteiger partial charge in [0.05, 0.1) is 18.8 Å². The molecule has 4 heterocycles. The number of benzene rings is 2. The van der Waals surface area contributed by atoms with E-state index in [2.05, 4.69) is 22.5 Å². The molecule has 2 saturated heterocycles. The van der Waals surface area contributed by atoms with Crippen molar-refractivity contribution >= 4 is 51.3 Å². The molecule has 1 aliphatic carbocycles. The van der Waals surface area contributed by atoms with Crippen LogP contribution in [0.15, 0.2) is 53.9 Å². The fourth-order valence-electron chi connectivity index (χ4n) is 8.80. The lowest BCUT2D eigenvalue weighted by Crippen LogP contribution is -2.58. The van der Waals surface area contributed by atoms with E-state index in [1.54, 1.807) is 13.1 Å². The van der Waals surface area contributed by atoms with Crippen molar-refractivity contribution in [3.63, 3.8) is 0 Å². The molecule has 328 valence electrons. The number of hydrogen-bond donors (Lipinski definition) is 4. The Morgan fingerprint density at radius 1 is 0.984 bits per heavy atom. The topological polar surface area (TPSA) is 204 Å². The molecule has 19 heteroatoms. The molecule has 7 rings (SSSR count). The number of amides is 6. The van der Waals surface area contributed by atoms with E-state index in [1.807, 2.05) is 4.72 Å². The molecule has 0 unspecified atom stereocenters. The molecular weight excluding hydrogens is 817 g/mol. The number of ether oxygens (including phenoxy) is 1. The summed E-state index contributed by atoms with van der Waals surface area (Å²) in [5.41, 5.74) is -0.796. The molecule has 1 spiro atoms. The van der Waals surface area contributed by atoms with E-state index < -0.39 is 91.8 Å². The zero-order valence-electron chi connectivity index (χ0n) is 33.9. The van der Waals surface area contributed by atoms with Crippen molar-refractivity contribution in [3.05, 3.63) is 71.8 Å². The molecule has 1 saturated carbocycles. The molecule has 61 heavy (non-hydrogen) atoms. The second-order valence-corrected chi connectivity index (χ2v) is 18.2. The van der Waals surface area contributed by atoms with Gasteiger partial charge in [0, 0.05) is 44.6 Å². The Labute approximate surface area is 352 Å². The third-order valence-electron chi connectivity index (χ3n) is 12.4. The van der Waals surface area contributed by atoms with E-state index in [4.69, 9.17) is 4.74 Å². The lowest BCUT2D eigenvalue weighted by molar-refractivity contribution is -0.147.